The molecule has 2 N–H and O–H groups in total. The van der Waals surface area contributed by atoms with E-state index in [2.05, 4.69) is 26.3 Å². The molecule has 0 radical (unpaired) electrons. The summed E-state index contributed by atoms with van der Waals surface area (Å²) in [4.78, 5) is 44.4. The molecule has 0 spiro atoms. The van der Waals surface area contributed by atoms with Crippen molar-refractivity contribution >= 4 is 33.9 Å². The Morgan fingerprint density at radius 2 is 1.83 bits per heavy atom. The van der Waals surface area contributed by atoms with E-state index in [4.69, 9.17) is 20.4 Å². The number of aromatic nitrogens is 5. The van der Waals surface area contributed by atoms with E-state index in [9.17, 15) is 14.0 Å². The largest absolute Gasteiger partial charge is 0.494 e. The number of likely N-dealkylation sites (tertiary alicyclic amines) is 2. The molecule has 47 heavy (non-hydrogen) atoms. The molecule has 12 heteroatoms. The Kier molecular flexibility index (Phi) is 6.40. The molecule has 2 saturated carbocycles. The molecule has 2 aliphatic carbocycles. The first-order valence-corrected chi connectivity index (χ1v) is 16.4. The maximum atomic E-state index is 13.9. The number of nitrogens with zero attached hydrogens (tertiary/aromatic N) is 7. The molecule has 9 rings (SSSR count). The zero-order chi connectivity index (χ0) is 32.0. The second kappa shape index (κ2) is 10.6. The quantitative estimate of drug-likeness (QED) is 0.265. The van der Waals surface area contributed by atoms with Crippen LogP contribution >= 0.6 is 0 Å². The molecule has 11 nitrogen and oxygen atoms in total. The summed E-state index contributed by atoms with van der Waals surface area (Å²) >= 11 is 0. The van der Waals surface area contributed by atoms with Gasteiger partial charge in [0.25, 0.3) is 11.8 Å². The Balaban J connectivity index is 1.16. The van der Waals surface area contributed by atoms with Gasteiger partial charge in [0.1, 0.15) is 16.9 Å². The van der Waals surface area contributed by atoms with Crippen LogP contribution in [-0.2, 0) is 6.54 Å². The number of methoxy groups -OCH3 is 1. The lowest BCUT2D eigenvalue weighted by molar-refractivity contribution is 0.0527. The number of imidazole rings is 1. The van der Waals surface area contributed by atoms with Gasteiger partial charge in [-0.15, -0.1) is 0 Å². The Labute approximate surface area is 270 Å². The molecule has 240 valence electrons. The topological polar surface area (TPSA) is 124 Å². The smallest absolute Gasteiger partial charge is 0.254 e. The minimum Gasteiger partial charge on any atom is -0.494 e. The first-order valence-electron chi connectivity index (χ1n) is 16.4. The minimum atomic E-state index is -0.688. The molecule has 0 unspecified atom stereocenters. The van der Waals surface area contributed by atoms with Gasteiger partial charge in [-0.3, -0.25) is 9.59 Å². The average Bonchev–Trinajstić information content (AvgIpc) is 3.40. The van der Waals surface area contributed by atoms with Crippen LogP contribution in [0, 0.1) is 17.8 Å². The summed E-state index contributed by atoms with van der Waals surface area (Å²) < 4.78 is 24.2. The Bertz CT molecular complexity index is 2080. The van der Waals surface area contributed by atoms with E-state index < -0.39 is 5.95 Å². The predicted molar refractivity (Wildman–Crippen MR) is 172 cm³/mol. The number of ether oxygens (including phenoxy) is 1. The van der Waals surface area contributed by atoms with Crippen LogP contribution in [0.5, 0.6) is 5.75 Å². The van der Waals surface area contributed by atoms with Gasteiger partial charge >= 0.3 is 0 Å². The standard InChI is InChI=1S/C35H35FN8O3/c1-47-28-13-23(35(46)43-16-22-6-7-26(43)30(22)37)11-25-31(28)44(24-17-41(18-24)34(45)21-8-10-38-29(36)14-21)33(40-25)27-12-20-3-2-9-39-32(20)42(27)15-19-4-5-19/h2-3,8-14,19,22,24,26,30H,4-7,15-18,37H2,1H3/t22-,26-,30-/m1/s1. The second-order valence-corrected chi connectivity index (χ2v) is 13.5. The van der Waals surface area contributed by atoms with Crippen molar-refractivity contribution in [1.82, 2.24) is 33.9 Å². The summed E-state index contributed by atoms with van der Waals surface area (Å²) in [5.74, 6) is 1.21. The summed E-state index contributed by atoms with van der Waals surface area (Å²) in [6.07, 6.45) is 7.47. The van der Waals surface area contributed by atoms with Gasteiger partial charge in [0, 0.05) is 73.2 Å². The van der Waals surface area contributed by atoms with Crippen LogP contribution in [0.3, 0.4) is 0 Å². The van der Waals surface area contributed by atoms with Crippen molar-refractivity contribution in [3.8, 4) is 17.3 Å². The zero-order valence-electron chi connectivity index (χ0n) is 26.1. The van der Waals surface area contributed by atoms with Gasteiger partial charge in [-0.1, -0.05) is 0 Å². The van der Waals surface area contributed by atoms with Gasteiger partial charge < -0.3 is 29.4 Å². The molecule has 6 heterocycles. The molecule has 2 bridgehead atoms. The van der Waals surface area contributed by atoms with Crippen molar-refractivity contribution in [3.05, 3.63) is 71.9 Å². The lowest BCUT2D eigenvalue weighted by Crippen LogP contribution is -2.50. The molecule has 2 amide bonds. The Morgan fingerprint density at radius 3 is 2.55 bits per heavy atom. The highest BCUT2D eigenvalue weighted by Crippen LogP contribution is 2.42. The number of hydrogen-bond acceptors (Lipinski definition) is 7. The fourth-order valence-electron chi connectivity index (χ4n) is 7.98. The molecular formula is C35H35FN8O3. The molecule has 5 aromatic rings. The number of pyridine rings is 2. The van der Waals surface area contributed by atoms with Crippen molar-refractivity contribution in [2.75, 3.05) is 26.7 Å². The number of hydrogen-bond donors (Lipinski definition) is 1. The van der Waals surface area contributed by atoms with Gasteiger partial charge in [-0.05, 0) is 73.9 Å². The third kappa shape index (κ3) is 4.52. The fraction of sp³-hybridized carbons (Fsp3) is 0.400. The lowest BCUT2D eigenvalue weighted by Gasteiger charge is -2.41. The second-order valence-electron chi connectivity index (χ2n) is 13.5. The number of benzene rings is 1. The van der Waals surface area contributed by atoms with Crippen LogP contribution in [0.15, 0.2) is 54.9 Å². The number of amides is 2. The summed E-state index contributed by atoms with van der Waals surface area (Å²) in [6, 6.07) is 12.4. The predicted octanol–water partition coefficient (Wildman–Crippen LogP) is 4.26. The first-order chi connectivity index (χ1) is 22.9. The van der Waals surface area contributed by atoms with Gasteiger partial charge in [-0.25, -0.2) is 15.0 Å². The molecule has 4 fully saturated rings. The third-order valence-corrected chi connectivity index (χ3v) is 10.6. The summed E-state index contributed by atoms with van der Waals surface area (Å²) in [6.45, 7) is 2.31. The number of nitrogens with two attached hydrogens (primary N) is 1. The van der Waals surface area contributed by atoms with Gasteiger partial charge in [0.05, 0.1) is 24.4 Å². The Morgan fingerprint density at radius 1 is 0.979 bits per heavy atom. The van der Waals surface area contributed by atoms with E-state index in [-0.39, 0.29) is 35.5 Å². The van der Waals surface area contributed by atoms with Gasteiger partial charge in [0.2, 0.25) is 5.95 Å². The number of carbonyl (C=O) groups excluding carboxylic acids is 2. The maximum Gasteiger partial charge on any atom is 0.254 e. The van der Waals surface area contributed by atoms with E-state index in [1.165, 1.54) is 25.1 Å². The van der Waals surface area contributed by atoms with E-state index in [0.29, 0.717) is 48.3 Å². The van der Waals surface area contributed by atoms with Crippen molar-refractivity contribution in [2.24, 2.45) is 17.6 Å². The normalized spacial score (nSPS) is 22.4. The van der Waals surface area contributed by atoms with Gasteiger partial charge in [-0.2, -0.15) is 4.39 Å². The highest BCUT2D eigenvalue weighted by atomic mass is 19.1. The van der Waals surface area contributed by atoms with Crippen molar-refractivity contribution in [1.29, 1.82) is 0 Å². The third-order valence-electron chi connectivity index (χ3n) is 10.6. The van der Waals surface area contributed by atoms with E-state index in [1.807, 2.05) is 29.3 Å². The summed E-state index contributed by atoms with van der Waals surface area (Å²) in [5, 5.41) is 1.02. The summed E-state index contributed by atoms with van der Waals surface area (Å²) in [5.41, 5.74) is 10.5. The van der Waals surface area contributed by atoms with Gasteiger partial charge in [0.15, 0.2) is 5.82 Å². The maximum absolute atomic E-state index is 13.9. The van der Waals surface area contributed by atoms with E-state index >= 15 is 0 Å². The van der Waals surface area contributed by atoms with Crippen LogP contribution in [-0.4, -0.2) is 84.5 Å². The van der Waals surface area contributed by atoms with Crippen LogP contribution in [0.25, 0.3) is 33.6 Å². The van der Waals surface area contributed by atoms with Crippen molar-refractivity contribution < 1.29 is 18.7 Å². The van der Waals surface area contributed by atoms with Crippen LogP contribution < -0.4 is 10.5 Å². The number of fused-ring (bicyclic) bond motifs is 4. The number of piperidine rings is 1. The molecule has 4 aliphatic rings. The monoisotopic (exact) mass is 634 g/mol. The highest BCUT2D eigenvalue weighted by Gasteiger charge is 2.47. The van der Waals surface area contributed by atoms with Crippen molar-refractivity contribution in [3.63, 3.8) is 0 Å². The van der Waals surface area contributed by atoms with Crippen molar-refractivity contribution in [2.45, 2.75) is 50.4 Å². The Hall–Kier alpha value is -4.84. The molecule has 1 aromatic carbocycles. The molecular weight excluding hydrogens is 599 g/mol. The highest BCUT2D eigenvalue weighted by molar-refractivity contribution is 6.01. The SMILES string of the molecule is COc1cc(C(=O)N2C[C@H]3CC[C@@H]2[C@@H]3N)cc2nc(-c3cc4cccnc4n3CC3CC3)n(C3CN(C(=O)c4ccnc(F)c4)C3)c12. The van der Waals surface area contributed by atoms with Crippen LogP contribution in [0.1, 0.15) is 52.4 Å². The lowest BCUT2D eigenvalue weighted by atomic mass is 10.0. The average molecular weight is 635 g/mol. The number of rotatable bonds is 7. The summed E-state index contributed by atoms with van der Waals surface area (Å²) in [7, 11) is 1.61. The van der Waals surface area contributed by atoms with Crippen LogP contribution in [0.2, 0.25) is 0 Å². The van der Waals surface area contributed by atoms with Crippen LogP contribution in [0.4, 0.5) is 4.39 Å². The first kappa shape index (κ1) is 28.4. The zero-order valence-corrected chi connectivity index (χ0v) is 26.1. The number of halogens is 1. The van der Waals surface area contributed by atoms with E-state index in [1.54, 1.807) is 12.0 Å². The molecule has 4 aromatic heterocycles. The molecule has 2 aliphatic heterocycles. The minimum absolute atomic E-state index is 0.0188. The number of carbonyl (C=O) groups is 2. The fourth-order valence-corrected chi connectivity index (χ4v) is 7.98. The van der Waals surface area contributed by atoms with E-state index in [0.717, 1.165) is 53.5 Å². The molecule has 3 atom stereocenters. The molecule has 2 saturated heterocycles.